The molecule has 0 aliphatic heterocycles. The Bertz CT molecular complexity index is 227. The summed E-state index contributed by atoms with van der Waals surface area (Å²) in [6, 6.07) is 6.56. The Labute approximate surface area is 73.7 Å². The average Bonchev–Trinajstić information content (AvgIpc) is 2.01. The van der Waals surface area contributed by atoms with E-state index in [-0.39, 0.29) is 5.82 Å². The Kier molecular flexibility index (Phi) is 3.52. The van der Waals surface area contributed by atoms with E-state index in [2.05, 4.69) is 21.2 Å². The van der Waals surface area contributed by atoms with Gasteiger partial charge in [0.15, 0.2) is 0 Å². The number of benzene rings is 1. The van der Waals surface area contributed by atoms with E-state index >= 15 is 0 Å². The van der Waals surface area contributed by atoms with Crippen LogP contribution < -0.4 is 5.32 Å². The number of alkyl halides is 1. The van der Waals surface area contributed by atoms with Crippen molar-refractivity contribution in [2.45, 2.75) is 6.54 Å². The van der Waals surface area contributed by atoms with E-state index in [1.54, 1.807) is 6.07 Å². The fourth-order valence-corrected chi connectivity index (χ4v) is 1.04. The number of nitrogens with one attached hydrogen (secondary N) is 1. The van der Waals surface area contributed by atoms with E-state index in [1.165, 1.54) is 12.1 Å². The van der Waals surface area contributed by atoms with Crippen LogP contribution in [0, 0.1) is 5.82 Å². The van der Waals surface area contributed by atoms with Crippen molar-refractivity contribution < 1.29 is 4.39 Å². The molecule has 1 rings (SSSR count). The molecule has 0 fully saturated rings. The topological polar surface area (TPSA) is 12.0 Å². The van der Waals surface area contributed by atoms with Gasteiger partial charge in [-0.3, -0.25) is 0 Å². The molecular formula is C8H9BrFN. The van der Waals surface area contributed by atoms with Gasteiger partial charge in [-0.1, -0.05) is 28.1 Å². The summed E-state index contributed by atoms with van der Waals surface area (Å²) >= 11 is 3.22. The first kappa shape index (κ1) is 8.68. The zero-order chi connectivity index (χ0) is 8.10. The summed E-state index contributed by atoms with van der Waals surface area (Å²) in [5.74, 6) is -0.182. The van der Waals surface area contributed by atoms with E-state index in [4.69, 9.17) is 0 Å². The van der Waals surface area contributed by atoms with Crippen molar-refractivity contribution in [2.24, 2.45) is 0 Å². The maximum atomic E-state index is 12.6. The standard InChI is InChI=1S/C8H9BrFN/c9-6-11-5-7-2-1-3-8(10)4-7/h1-4,11H,5-6H2. The Hall–Kier alpha value is -0.410. The van der Waals surface area contributed by atoms with Crippen LogP contribution in [-0.4, -0.2) is 5.45 Å². The quantitative estimate of drug-likeness (QED) is 0.606. The third-order valence-corrected chi connectivity index (χ3v) is 1.71. The summed E-state index contributed by atoms with van der Waals surface area (Å²) in [6.07, 6.45) is 0. The number of halogens is 2. The zero-order valence-corrected chi connectivity index (χ0v) is 7.57. The summed E-state index contributed by atoms with van der Waals surface area (Å²) < 4.78 is 12.6. The van der Waals surface area contributed by atoms with Crippen molar-refractivity contribution in [3.05, 3.63) is 35.6 Å². The smallest absolute Gasteiger partial charge is 0.123 e. The van der Waals surface area contributed by atoms with Crippen LogP contribution in [0.25, 0.3) is 0 Å². The van der Waals surface area contributed by atoms with Gasteiger partial charge in [0.05, 0.1) is 5.45 Å². The van der Waals surface area contributed by atoms with Crippen molar-refractivity contribution >= 4 is 15.9 Å². The van der Waals surface area contributed by atoms with Crippen LogP contribution in [0.2, 0.25) is 0 Å². The van der Waals surface area contributed by atoms with E-state index < -0.39 is 0 Å². The normalized spacial score (nSPS) is 10.0. The Morgan fingerprint density at radius 1 is 1.45 bits per heavy atom. The van der Waals surface area contributed by atoms with Crippen LogP contribution >= 0.6 is 15.9 Å². The molecule has 1 aromatic rings. The second-order valence-corrected chi connectivity index (χ2v) is 2.75. The van der Waals surface area contributed by atoms with Gasteiger partial charge in [-0.15, -0.1) is 0 Å². The molecule has 0 saturated carbocycles. The highest BCUT2D eigenvalue weighted by molar-refractivity contribution is 9.09. The van der Waals surface area contributed by atoms with Gasteiger partial charge in [0.25, 0.3) is 0 Å². The minimum absolute atomic E-state index is 0.182. The number of hydrogen-bond acceptors (Lipinski definition) is 1. The van der Waals surface area contributed by atoms with Gasteiger partial charge >= 0.3 is 0 Å². The van der Waals surface area contributed by atoms with E-state index in [0.717, 1.165) is 11.0 Å². The molecule has 3 heteroatoms. The molecule has 0 saturated heterocycles. The maximum absolute atomic E-state index is 12.6. The molecule has 0 aromatic heterocycles. The lowest BCUT2D eigenvalue weighted by Gasteiger charge is -1.99. The largest absolute Gasteiger partial charge is 0.303 e. The molecule has 1 N–H and O–H groups in total. The molecular weight excluding hydrogens is 209 g/mol. The molecule has 0 heterocycles. The second-order valence-electron chi connectivity index (χ2n) is 2.19. The van der Waals surface area contributed by atoms with Gasteiger partial charge in [-0.05, 0) is 17.7 Å². The molecule has 0 aliphatic carbocycles. The van der Waals surface area contributed by atoms with E-state index in [9.17, 15) is 4.39 Å². The summed E-state index contributed by atoms with van der Waals surface area (Å²) in [4.78, 5) is 0. The minimum atomic E-state index is -0.182. The summed E-state index contributed by atoms with van der Waals surface area (Å²) in [6.45, 7) is 0.697. The molecule has 0 bridgehead atoms. The summed E-state index contributed by atoms with van der Waals surface area (Å²) in [5, 5.41) is 3.04. The lowest BCUT2D eigenvalue weighted by Crippen LogP contribution is -2.09. The number of rotatable bonds is 3. The Morgan fingerprint density at radius 3 is 2.91 bits per heavy atom. The molecule has 0 atom stereocenters. The van der Waals surface area contributed by atoms with Crippen LogP contribution in [0.4, 0.5) is 4.39 Å². The highest BCUT2D eigenvalue weighted by Crippen LogP contribution is 2.02. The maximum Gasteiger partial charge on any atom is 0.123 e. The van der Waals surface area contributed by atoms with Crippen LogP contribution in [0.3, 0.4) is 0 Å². The molecule has 0 spiro atoms. The van der Waals surface area contributed by atoms with Gasteiger partial charge in [-0.2, -0.15) is 0 Å². The van der Waals surface area contributed by atoms with Crippen molar-refractivity contribution in [1.82, 2.24) is 5.32 Å². The molecule has 0 amide bonds. The lowest BCUT2D eigenvalue weighted by atomic mass is 10.2. The molecule has 60 valence electrons. The average molecular weight is 218 g/mol. The molecule has 1 aromatic carbocycles. The van der Waals surface area contributed by atoms with Crippen molar-refractivity contribution in [1.29, 1.82) is 0 Å². The van der Waals surface area contributed by atoms with Crippen LogP contribution in [0.5, 0.6) is 0 Å². The minimum Gasteiger partial charge on any atom is -0.303 e. The molecule has 0 radical (unpaired) electrons. The van der Waals surface area contributed by atoms with Crippen molar-refractivity contribution in [3.63, 3.8) is 0 Å². The molecule has 0 aliphatic rings. The van der Waals surface area contributed by atoms with E-state index in [0.29, 0.717) is 6.54 Å². The third kappa shape index (κ3) is 2.99. The summed E-state index contributed by atoms with van der Waals surface area (Å²) in [5.41, 5.74) is 1.69. The van der Waals surface area contributed by atoms with Crippen LogP contribution in [-0.2, 0) is 6.54 Å². The van der Waals surface area contributed by atoms with Gasteiger partial charge < -0.3 is 5.32 Å². The molecule has 1 nitrogen and oxygen atoms in total. The Balaban J connectivity index is 2.56. The fourth-order valence-electron chi connectivity index (χ4n) is 0.839. The van der Waals surface area contributed by atoms with Gasteiger partial charge in [0.2, 0.25) is 0 Å². The predicted molar refractivity (Wildman–Crippen MR) is 47.0 cm³/mol. The predicted octanol–water partition coefficient (Wildman–Crippen LogP) is 2.27. The first-order valence-corrected chi connectivity index (χ1v) is 4.46. The monoisotopic (exact) mass is 217 g/mol. The highest BCUT2D eigenvalue weighted by atomic mass is 79.9. The highest BCUT2D eigenvalue weighted by Gasteiger charge is 1.92. The van der Waals surface area contributed by atoms with E-state index in [1.807, 2.05) is 6.07 Å². The third-order valence-electron chi connectivity index (χ3n) is 1.31. The van der Waals surface area contributed by atoms with Gasteiger partial charge in [0.1, 0.15) is 5.82 Å². The summed E-state index contributed by atoms with van der Waals surface area (Å²) in [7, 11) is 0. The zero-order valence-electron chi connectivity index (χ0n) is 5.98. The molecule has 0 unspecified atom stereocenters. The van der Waals surface area contributed by atoms with Gasteiger partial charge in [0, 0.05) is 6.54 Å². The van der Waals surface area contributed by atoms with Crippen LogP contribution in [0.1, 0.15) is 5.56 Å². The first-order chi connectivity index (χ1) is 5.33. The van der Waals surface area contributed by atoms with Gasteiger partial charge in [-0.25, -0.2) is 4.39 Å². The van der Waals surface area contributed by atoms with Crippen molar-refractivity contribution in [3.8, 4) is 0 Å². The lowest BCUT2D eigenvalue weighted by molar-refractivity contribution is 0.623. The Morgan fingerprint density at radius 2 is 2.27 bits per heavy atom. The second kappa shape index (κ2) is 4.46. The van der Waals surface area contributed by atoms with Crippen molar-refractivity contribution in [2.75, 3.05) is 5.45 Å². The fraction of sp³-hybridized carbons (Fsp3) is 0.250. The first-order valence-electron chi connectivity index (χ1n) is 3.34. The SMILES string of the molecule is Fc1cccc(CNCBr)c1. The van der Waals surface area contributed by atoms with Crippen LogP contribution in [0.15, 0.2) is 24.3 Å². The molecule has 11 heavy (non-hydrogen) atoms. The number of hydrogen-bond donors (Lipinski definition) is 1.